The Labute approximate surface area is 246 Å². The van der Waals surface area contributed by atoms with Crippen molar-refractivity contribution in [2.45, 2.75) is 38.0 Å². The molecule has 1 aliphatic carbocycles. The van der Waals surface area contributed by atoms with E-state index in [1.807, 2.05) is 41.0 Å². The third kappa shape index (κ3) is 5.22. The second-order valence-electron chi connectivity index (χ2n) is 10.2. The molecule has 2 heterocycles. The minimum absolute atomic E-state index is 0.110. The van der Waals surface area contributed by atoms with Crippen LogP contribution in [0.25, 0.3) is 28.1 Å². The molecule has 0 unspecified atom stereocenters. The molecule has 0 aliphatic heterocycles. The molecule has 2 N–H and O–H groups in total. The summed E-state index contributed by atoms with van der Waals surface area (Å²) in [6.45, 7) is 1.79. The minimum Gasteiger partial charge on any atom is -0.350 e. The van der Waals surface area contributed by atoms with Gasteiger partial charge in [0, 0.05) is 24.5 Å². The van der Waals surface area contributed by atoms with E-state index in [9.17, 15) is 27.2 Å². The fourth-order valence-electron chi connectivity index (χ4n) is 4.92. The maximum absolute atomic E-state index is 14.4. The van der Waals surface area contributed by atoms with E-state index in [4.69, 9.17) is 16.1 Å². The van der Waals surface area contributed by atoms with Crippen molar-refractivity contribution >= 4 is 34.3 Å². The standard InChI is InChI=1S/C30H22ClF4N5O3/c1-16-37-26(39-43-16)25-23(31)19-5-2-3-8-22(19)40(25)18-11-9-17(10-12-18)15-36-28(42)29(13-14-29)38-27(41)20-6-4-7-21(24(20)32)30(33,34)35/h2-12H,13-15H2,1H3,(H,36,42)(H,38,41). The second-order valence-corrected chi connectivity index (χ2v) is 10.6. The Morgan fingerprint density at radius 1 is 1.05 bits per heavy atom. The maximum atomic E-state index is 14.4. The largest absolute Gasteiger partial charge is 0.419 e. The summed E-state index contributed by atoms with van der Waals surface area (Å²) in [6.07, 6.45) is -4.42. The van der Waals surface area contributed by atoms with Crippen molar-refractivity contribution in [1.82, 2.24) is 25.3 Å². The summed E-state index contributed by atoms with van der Waals surface area (Å²) >= 11 is 6.74. The van der Waals surface area contributed by atoms with Gasteiger partial charge in [0.05, 0.1) is 21.7 Å². The zero-order valence-electron chi connectivity index (χ0n) is 22.4. The van der Waals surface area contributed by atoms with Gasteiger partial charge in [0.25, 0.3) is 5.91 Å². The number of aromatic nitrogens is 3. The van der Waals surface area contributed by atoms with Crippen molar-refractivity contribution in [3.8, 4) is 17.2 Å². The number of benzene rings is 3. The van der Waals surface area contributed by atoms with Gasteiger partial charge in [0.1, 0.15) is 17.1 Å². The number of hydrogen-bond donors (Lipinski definition) is 2. The molecule has 8 nitrogen and oxygen atoms in total. The smallest absolute Gasteiger partial charge is 0.350 e. The van der Waals surface area contributed by atoms with Crippen LogP contribution in [-0.4, -0.2) is 32.1 Å². The van der Waals surface area contributed by atoms with E-state index in [0.717, 1.165) is 34.3 Å². The van der Waals surface area contributed by atoms with E-state index in [1.54, 1.807) is 19.1 Å². The van der Waals surface area contributed by atoms with Crippen molar-refractivity contribution in [3.05, 3.63) is 100 Å². The lowest BCUT2D eigenvalue weighted by molar-refractivity contribution is -0.140. The minimum atomic E-state index is -4.96. The molecule has 2 aromatic heterocycles. The molecular weight excluding hydrogens is 590 g/mol. The molecule has 220 valence electrons. The number of nitrogens with zero attached hydrogens (tertiary/aromatic N) is 3. The number of para-hydroxylation sites is 1. The molecule has 0 bridgehead atoms. The van der Waals surface area contributed by atoms with Crippen LogP contribution in [-0.2, 0) is 17.5 Å². The van der Waals surface area contributed by atoms with E-state index in [1.165, 1.54) is 0 Å². The van der Waals surface area contributed by atoms with Crippen LogP contribution in [0.5, 0.6) is 0 Å². The van der Waals surface area contributed by atoms with Crippen molar-refractivity contribution in [2.75, 3.05) is 0 Å². The highest BCUT2D eigenvalue weighted by Crippen LogP contribution is 2.39. The van der Waals surface area contributed by atoms with Crippen LogP contribution >= 0.6 is 11.6 Å². The zero-order chi connectivity index (χ0) is 30.5. The van der Waals surface area contributed by atoms with Gasteiger partial charge < -0.3 is 19.7 Å². The predicted molar refractivity (Wildman–Crippen MR) is 149 cm³/mol. The highest BCUT2D eigenvalue weighted by Gasteiger charge is 2.51. The fourth-order valence-corrected chi connectivity index (χ4v) is 5.25. The summed E-state index contributed by atoms with van der Waals surface area (Å²) in [5.41, 5.74) is -0.771. The van der Waals surface area contributed by atoms with Gasteiger partial charge in [-0.15, -0.1) is 0 Å². The van der Waals surface area contributed by atoms with E-state index < -0.39 is 40.5 Å². The predicted octanol–water partition coefficient (Wildman–Crippen LogP) is 6.38. The van der Waals surface area contributed by atoms with Crippen molar-refractivity contribution in [1.29, 1.82) is 0 Å². The van der Waals surface area contributed by atoms with Crippen LogP contribution in [0.15, 0.2) is 71.3 Å². The van der Waals surface area contributed by atoms with Gasteiger partial charge in [-0.3, -0.25) is 9.59 Å². The molecule has 0 radical (unpaired) electrons. The molecule has 13 heteroatoms. The quantitative estimate of drug-likeness (QED) is 0.208. The number of rotatable bonds is 7. The van der Waals surface area contributed by atoms with Gasteiger partial charge in [-0.2, -0.15) is 18.2 Å². The average molecular weight is 612 g/mol. The number of nitrogens with one attached hydrogen (secondary N) is 2. The van der Waals surface area contributed by atoms with Crippen LogP contribution in [0, 0.1) is 12.7 Å². The van der Waals surface area contributed by atoms with E-state index in [-0.39, 0.29) is 19.4 Å². The number of fused-ring (bicyclic) bond motifs is 1. The third-order valence-electron chi connectivity index (χ3n) is 7.29. The summed E-state index contributed by atoms with van der Waals surface area (Å²) in [4.78, 5) is 30.0. The Hall–Kier alpha value is -4.71. The molecule has 0 spiro atoms. The van der Waals surface area contributed by atoms with Crippen molar-refractivity contribution in [3.63, 3.8) is 0 Å². The number of amides is 2. The Bertz CT molecular complexity index is 1880. The van der Waals surface area contributed by atoms with Crippen LogP contribution < -0.4 is 10.6 Å². The summed E-state index contributed by atoms with van der Waals surface area (Å²) < 4.78 is 60.7. The number of carbonyl (C=O) groups excluding carboxylic acids is 2. The molecule has 6 rings (SSSR count). The lowest BCUT2D eigenvalue weighted by Crippen LogP contribution is -2.49. The topological polar surface area (TPSA) is 102 Å². The molecular formula is C30H22ClF4N5O3. The van der Waals surface area contributed by atoms with Gasteiger partial charge in [-0.25, -0.2) is 4.39 Å². The van der Waals surface area contributed by atoms with Gasteiger partial charge in [-0.1, -0.05) is 53.2 Å². The summed E-state index contributed by atoms with van der Waals surface area (Å²) in [6, 6.07) is 17.3. The average Bonchev–Trinajstić information content (AvgIpc) is 3.54. The summed E-state index contributed by atoms with van der Waals surface area (Å²) in [5, 5.41) is 10.5. The fraction of sp³-hybridized carbons (Fsp3) is 0.200. The Balaban J connectivity index is 1.18. The molecule has 0 atom stereocenters. The highest BCUT2D eigenvalue weighted by molar-refractivity contribution is 6.38. The Morgan fingerprint density at radius 3 is 2.42 bits per heavy atom. The highest BCUT2D eigenvalue weighted by atomic mass is 35.5. The molecule has 1 fully saturated rings. The lowest BCUT2D eigenvalue weighted by Gasteiger charge is -2.18. The maximum Gasteiger partial charge on any atom is 0.419 e. The third-order valence-corrected chi connectivity index (χ3v) is 7.67. The van der Waals surface area contributed by atoms with Gasteiger partial charge in [0.15, 0.2) is 0 Å². The molecule has 1 aliphatic rings. The molecule has 1 saturated carbocycles. The number of hydrogen-bond acceptors (Lipinski definition) is 5. The first-order valence-electron chi connectivity index (χ1n) is 13.1. The second kappa shape index (κ2) is 10.5. The Morgan fingerprint density at radius 2 is 1.77 bits per heavy atom. The monoisotopic (exact) mass is 611 g/mol. The number of halogens is 5. The van der Waals surface area contributed by atoms with Crippen molar-refractivity contribution < 1.29 is 31.7 Å². The van der Waals surface area contributed by atoms with E-state index >= 15 is 0 Å². The van der Waals surface area contributed by atoms with Gasteiger partial charge in [-0.05, 0) is 48.7 Å². The van der Waals surface area contributed by atoms with Gasteiger partial charge in [0.2, 0.25) is 17.6 Å². The van der Waals surface area contributed by atoms with E-state index in [2.05, 4.69) is 20.8 Å². The molecule has 5 aromatic rings. The SMILES string of the molecule is Cc1nc(-c2c(Cl)c3ccccc3n2-c2ccc(CNC(=O)C3(NC(=O)c4cccc(C(F)(F)F)c4F)CC3)cc2)no1. The number of carbonyl (C=O) groups is 2. The van der Waals surface area contributed by atoms with Crippen LogP contribution in [0.2, 0.25) is 5.02 Å². The van der Waals surface area contributed by atoms with Gasteiger partial charge >= 0.3 is 6.18 Å². The summed E-state index contributed by atoms with van der Waals surface area (Å²) in [7, 11) is 0. The van der Waals surface area contributed by atoms with Crippen LogP contribution in [0.4, 0.5) is 17.6 Å². The van der Waals surface area contributed by atoms with Crippen molar-refractivity contribution in [2.24, 2.45) is 0 Å². The first-order valence-corrected chi connectivity index (χ1v) is 13.5. The number of aryl methyl sites for hydroxylation is 1. The van der Waals surface area contributed by atoms with Crippen LogP contribution in [0.3, 0.4) is 0 Å². The molecule has 2 amide bonds. The Kier molecular flexibility index (Phi) is 6.96. The first-order chi connectivity index (χ1) is 20.5. The molecule has 3 aromatic carbocycles. The number of alkyl halides is 3. The lowest BCUT2D eigenvalue weighted by atomic mass is 10.1. The van der Waals surface area contributed by atoms with E-state index in [0.29, 0.717) is 28.5 Å². The summed E-state index contributed by atoms with van der Waals surface area (Å²) in [5.74, 6) is -2.57. The normalized spacial score (nSPS) is 14.1. The van der Waals surface area contributed by atoms with Crippen LogP contribution in [0.1, 0.15) is 40.2 Å². The molecule has 43 heavy (non-hydrogen) atoms. The molecule has 0 saturated heterocycles. The zero-order valence-corrected chi connectivity index (χ0v) is 23.2. The first kappa shape index (κ1) is 28.4.